The Kier molecular flexibility index (Phi) is 4.02. The van der Waals surface area contributed by atoms with Crippen LogP contribution in [0.25, 0.3) is 10.8 Å². The van der Waals surface area contributed by atoms with Gasteiger partial charge in [0, 0.05) is 0 Å². The zero-order valence-corrected chi connectivity index (χ0v) is 13.2. The molecule has 0 spiro atoms. The standard InChI is InChI=1S/C20H18O3/c1-13-10-17(20(21)22)11-14(2)19(13)23-12-16-8-5-7-15-6-3-4-9-18(15)16/h3-11H,12H2,1-2H3,(H,21,22). The molecule has 0 atom stereocenters. The monoisotopic (exact) mass is 306 g/mol. The number of carbonyl (C=O) groups is 1. The molecule has 0 aliphatic heterocycles. The van der Waals surface area contributed by atoms with E-state index in [9.17, 15) is 4.79 Å². The zero-order chi connectivity index (χ0) is 16.4. The van der Waals surface area contributed by atoms with Gasteiger partial charge < -0.3 is 9.84 Å². The van der Waals surface area contributed by atoms with Crippen LogP contribution in [0.5, 0.6) is 5.75 Å². The summed E-state index contributed by atoms with van der Waals surface area (Å²) in [4.78, 5) is 11.1. The van der Waals surface area contributed by atoms with Crippen molar-refractivity contribution in [3.05, 3.63) is 76.9 Å². The number of hydrogen-bond acceptors (Lipinski definition) is 2. The summed E-state index contributed by atoms with van der Waals surface area (Å²) in [5.74, 6) is -0.167. The van der Waals surface area contributed by atoms with Crippen LogP contribution in [0.15, 0.2) is 54.6 Å². The van der Waals surface area contributed by atoms with Gasteiger partial charge in [-0.3, -0.25) is 0 Å². The molecule has 3 aromatic carbocycles. The van der Waals surface area contributed by atoms with Crippen LogP contribution >= 0.6 is 0 Å². The second-order valence-electron chi connectivity index (χ2n) is 5.67. The molecule has 0 aliphatic carbocycles. The molecule has 3 nitrogen and oxygen atoms in total. The quantitative estimate of drug-likeness (QED) is 0.757. The molecule has 0 bridgehead atoms. The van der Waals surface area contributed by atoms with E-state index in [1.807, 2.05) is 32.0 Å². The van der Waals surface area contributed by atoms with Crippen molar-refractivity contribution in [2.45, 2.75) is 20.5 Å². The maximum atomic E-state index is 11.1. The lowest BCUT2D eigenvalue weighted by Gasteiger charge is -2.14. The summed E-state index contributed by atoms with van der Waals surface area (Å²) in [6.45, 7) is 4.20. The van der Waals surface area contributed by atoms with Crippen molar-refractivity contribution in [1.82, 2.24) is 0 Å². The largest absolute Gasteiger partial charge is 0.488 e. The summed E-state index contributed by atoms with van der Waals surface area (Å²) in [5.41, 5.74) is 3.08. The summed E-state index contributed by atoms with van der Waals surface area (Å²) < 4.78 is 6.00. The molecule has 0 radical (unpaired) electrons. The Labute approximate surface area is 135 Å². The SMILES string of the molecule is Cc1cc(C(=O)O)cc(C)c1OCc1cccc2ccccc12. The third-order valence-corrected chi connectivity index (χ3v) is 3.96. The number of benzene rings is 3. The minimum absolute atomic E-state index is 0.289. The van der Waals surface area contributed by atoms with Crippen LogP contribution < -0.4 is 4.74 Å². The molecule has 3 rings (SSSR count). The van der Waals surface area contributed by atoms with Crippen LogP contribution in [0, 0.1) is 13.8 Å². The molecule has 0 saturated carbocycles. The maximum Gasteiger partial charge on any atom is 0.335 e. The Morgan fingerprint density at radius 3 is 2.35 bits per heavy atom. The molecular weight excluding hydrogens is 288 g/mol. The van der Waals surface area contributed by atoms with Crippen molar-refractivity contribution in [3.63, 3.8) is 0 Å². The Bertz CT molecular complexity index is 853. The lowest BCUT2D eigenvalue weighted by Crippen LogP contribution is -2.03. The molecule has 0 aromatic heterocycles. The highest BCUT2D eigenvalue weighted by Gasteiger charge is 2.11. The number of fused-ring (bicyclic) bond motifs is 1. The molecule has 3 heteroatoms. The average Bonchev–Trinajstić information content (AvgIpc) is 2.54. The Hall–Kier alpha value is -2.81. The first kappa shape index (κ1) is 15.1. The predicted octanol–water partition coefficient (Wildman–Crippen LogP) is 4.73. The van der Waals surface area contributed by atoms with Crippen molar-refractivity contribution in [2.75, 3.05) is 0 Å². The van der Waals surface area contributed by atoms with E-state index in [-0.39, 0.29) is 5.56 Å². The van der Waals surface area contributed by atoms with Crippen LogP contribution in [0.4, 0.5) is 0 Å². The van der Waals surface area contributed by atoms with E-state index in [0.29, 0.717) is 6.61 Å². The molecule has 3 aromatic rings. The van der Waals surface area contributed by atoms with Gasteiger partial charge in [0.15, 0.2) is 0 Å². The molecule has 116 valence electrons. The van der Waals surface area contributed by atoms with Crippen molar-refractivity contribution in [2.24, 2.45) is 0 Å². The summed E-state index contributed by atoms with van der Waals surface area (Å²) in [6.07, 6.45) is 0. The summed E-state index contributed by atoms with van der Waals surface area (Å²) >= 11 is 0. The fraction of sp³-hybridized carbons (Fsp3) is 0.150. The van der Waals surface area contributed by atoms with Crippen molar-refractivity contribution >= 4 is 16.7 Å². The lowest BCUT2D eigenvalue weighted by molar-refractivity contribution is 0.0696. The van der Waals surface area contributed by atoms with Crippen molar-refractivity contribution < 1.29 is 14.6 Å². The lowest BCUT2D eigenvalue weighted by atomic mass is 10.0. The first-order valence-electron chi connectivity index (χ1n) is 7.50. The average molecular weight is 306 g/mol. The van der Waals surface area contributed by atoms with Gasteiger partial charge in [0.1, 0.15) is 12.4 Å². The minimum atomic E-state index is -0.920. The van der Waals surface area contributed by atoms with Gasteiger partial charge >= 0.3 is 5.97 Å². The number of ether oxygens (including phenoxy) is 1. The van der Waals surface area contributed by atoms with Gasteiger partial charge in [-0.05, 0) is 53.4 Å². The molecule has 0 aliphatic rings. The summed E-state index contributed by atoms with van der Waals surface area (Å²) in [5, 5.41) is 11.5. The third kappa shape index (κ3) is 3.04. The number of aryl methyl sites for hydroxylation is 2. The first-order valence-corrected chi connectivity index (χ1v) is 7.50. The van der Waals surface area contributed by atoms with E-state index in [0.717, 1.165) is 22.4 Å². The Balaban J connectivity index is 1.90. The highest BCUT2D eigenvalue weighted by molar-refractivity contribution is 5.88. The molecule has 0 saturated heterocycles. The number of hydrogen-bond donors (Lipinski definition) is 1. The number of carboxylic acid groups (broad SMARTS) is 1. The van der Waals surface area contributed by atoms with Crippen LogP contribution in [0.3, 0.4) is 0 Å². The molecule has 0 unspecified atom stereocenters. The topological polar surface area (TPSA) is 46.5 Å². The Morgan fingerprint density at radius 2 is 1.65 bits per heavy atom. The predicted molar refractivity (Wildman–Crippen MR) is 91.2 cm³/mol. The fourth-order valence-electron chi connectivity index (χ4n) is 2.87. The van der Waals surface area contributed by atoms with Gasteiger partial charge in [-0.2, -0.15) is 0 Å². The van der Waals surface area contributed by atoms with Gasteiger partial charge in [-0.1, -0.05) is 42.5 Å². The molecule has 0 heterocycles. The first-order chi connectivity index (χ1) is 11.1. The van der Waals surface area contributed by atoms with Gasteiger partial charge in [-0.15, -0.1) is 0 Å². The van der Waals surface area contributed by atoms with E-state index in [2.05, 4.69) is 24.3 Å². The molecule has 0 amide bonds. The maximum absolute atomic E-state index is 11.1. The van der Waals surface area contributed by atoms with Crippen LogP contribution in [-0.4, -0.2) is 11.1 Å². The zero-order valence-electron chi connectivity index (χ0n) is 13.2. The van der Waals surface area contributed by atoms with Gasteiger partial charge in [0.05, 0.1) is 5.56 Å². The highest BCUT2D eigenvalue weighted by Crippen LogP contribution is 2.27. The van der Waals surface area contributed by atoms with E-state index < -0.39 is 5.97 Å². The van der Waals surface area contributed by atoms with E-state index in [1.165, 1.54) is 10.8 Å². The number of rotatable bonds is 4. The van der Waals surface area contributed by atoms with Gasteiger partial charge in [0.25, 0.3) is 0 Å². The fourth-order valence-corrected chi connectivity index (χ4v) is 2.87. The molecule has 23 heavy (non-hydrogen) atoms. The van der Waals surface area contributed by atoms with E-state index >= 15 is 0 Å². The van der Waals surface area contributed by atoms with E-state index in [1.54, 1.807) is 12.1 Å². The van der Waals surface area contributed by atoms with Gasteiger partial charge in [0.2, 0.25) is 0 Å². The number of aromatic carboxylic acids is 1. The Morgan fingerprint density at radius 1 is 1.00 bits per heavy atom. The minimum Gasteiger partial charge on any atom is -0.488 e. The van der Waals surface area contributed by atoms with Crippen LogP contribution in [-0.2, 0) is 6.61 Å². The van der Waals surface area contributed by atoms with Crippen molar-refractivity contribution in [3.8, 4) is 5.75 Å². The number of carboxylic acids is 1. The normalized spacial score (nSPS) is 10.7. The summed E-state index contributed by atoms with van der Waals surface area (Å²) in [7, 11) is 0. The van der Waals surface area contributed by atoms with Crippen LogP contribution in [0.2, 0.25) is 0 Å². The van der Waals surface area contributed by atoms with Crippen LogP contribution in [0.1, 0.15) is 27.0 Å². The molecule has 0 fully saturated rings. The van der Waals surface area contributed by atoms with E-state index in [4.69, 9.17) is 9.84 Å². The van der Waals surface area contributed by atoms with Crippen molar-refractivity contribution in [1.29, 1.82) is 0 Å². The highest BCUT2D eigenvalue weighted by atomic mass is 16.5. The second kappa shape index (κ2) is 6.13. The van der Waals surface area contributed by atoms with Gasteiger partial charge in [-0.25, -0.2) is 4.79 Å². The smallest absolute Gasteiger partial charge is 0.335 e. The third-order valence-electron chi connectivity index (χ3n) is 3.96. The molecule has 1 N–H and O–H groups in total. The molecular formula is C20H18O3. The summed E-state index contributed by atoms with van der Waals surface area (Å²) in [6, 6.07) is 17.7. The second-order valence-corrected chi connectivity index (χ2v) is 5.67.